The third-order valence-electron chi connectivity index (χ3n) is 1.61. The lowest BCUT2D eigenvalue weighted by atomic mass is 10.4. The van der Waals surface area contributed by atoms with Crippen LogP contribution in [0.15, 0.2) is 16.7 Å². The fourth-order valence-corrected chi connectivity index (χ4v) is 1.26. The molecular formula is C7H7BrN2O. The van der Waals surface area contributed by atoms with Crippen molar-refractivity contribution in [3.05, 3.63) is 22.4 Å². The van der Waals surface area contributed by atoms with Crippen LogP contribution in [0, 0.1) is 0 Å². The van der Waals surface area contributed by atoms with E-state index in [-0.39, 0.29) is 5.91 Å². The van der Waals surface area contributed by atoms with E-state index in [9.17, 15) is 4.79 Å². The zero-order chi connectivity index (χ0) is 7.84. The van der Waals surface area contributed by atoms with Crippen LogP contribution in [0.2, 0.25) is 0 Å². The summed E-state index contributed by atoms with van der Waals surface area (Å²) in [6, 6.07) is 1.79. The molecule has 0 unspecified atom stereocenters. The Morgan fingerprint density at radius 1 is 1.64 bits per heavy atom. The molecule has 1 amide bonds. The minimum atomic E-state index is 0.0932. The largest absolute Gasteiger partial charge is 0.356 e. The molecular weight excluding hydrogens is 208 g/mol. The van der Waals surface area contributed by atoms with E-state index in [2.05, 4.69) is 20.9 Å². The van der Waals surface area contributed by atoms with Gasteiger partial charge in [-0.1, -0.05) is 0 Å². The summed E-state index contributed by atoms with van der Waals surface area (Å²) in [5.74, 6) is 0.0932. The number of nitrogens with zero attached hydrogens (tertiary/aromatic N) is 1. The standard InChI is InChI=1S/C7H7BrN2O/c8-5-3-6(9-4-5)7(11)10-1-2-10/h3-4,9H,1-2H2. The van der Waals surface area contributed by atoms with E-state index < -0.39 is 0 Å². The molecule has 0 aliphatic carbocycles. The van der Waals surface area contributed by atoms with Gasteiger partial charge in [0.1, 0.15) is 5.69 Å². The number of carbonyl (C=O) groups excluding carboxylic acids is 1. The zero-order valence-corrected chi connectivity index (χ0v) is 7.39. The normalized spacial score (nSPS) is 15.2. The molecule has 0 saturated carbocycles. The van der Waals surface area contributed by atoms with Crippen molar-refractivity contribution in [1.29, 1.82) is 0 Å². The van der Waals surface area contributed by atoms with Gasteiger partial charge in [-0.25, -0.2) is 0 Å². The third-order valence-corrected chi connectivity index (χ3v) is 2.07. The first-order chi connectivity index (χ1) is 5.27. The highest BCUT2D eigenvalue weighted by atomic mass is 79.9. The van der Waals surface area contributed by atoms with Gasteiger partial charge in [-0.05, 0) is 22.0 Å². The smallest absolute Gasteiger partial charge is 0.270 e. The van der Waals surface area contributed by atoms with Crippen LogP contribution in [-0.2, 0) is 0 Å². The fraction of sp³-hybridized carbons (Fsp3) is 0.286. The lowest BCUT2D eigenvalue weighted by Crippen LogP contribution is -2.10. The topological polar surface area (TPSA) is 35.9 Å². The van der Waals surface area contributed by atoms with Gasteiger partial charge in [-0.2, -0.15) is 0 Å². The van der Waals surface area contributed by atoms with Gasteiger partial charge in [0, 0.05) is 23.8 Å². The molecule has 3 nitrogen and oxygen atoms in total. The van der Waals surface area contributed by atoms with Crippen molar-refractivity contribution in [3.8, 4) is 0 Å². The maximum atomic E-state index is 11.3. The molecule has 1 aromatic heterocycles. The Hall–Kier alpha value is -0.770. The van der Waals surface area contributed by atoms with E-state index in [0.717, 1.165) is 17.6 Å². The molecule has 1 saturated heterocycles. The monoisotopic (exact) mass is 214 g/mol. The number of rotatable bonds is 1. The molecule has 0 aromatic carbocycles. The molecule has 2 rings (SSSR count). The summed E-state index contributed by atoms with van der Waals surface area (Å²) in [7, 11) is 0. The lowest BCUT2D eigenvalue weighted by Gasteiger charge is -1.95. The number of hydrogen-bond donors (Lipinski definition) is 1. The van der Waals surface area contributed by atoms with Gasteiger partial charge < -0.3 is 9.88 Å². The van der Waals surface area contributed by atoms with E-state index in [0.29, 0.717) is 5.69 Å². The molecule has 58 valence electrons. The summed E-state index contributed by atoms with van der Waals surface area (Å²) in [6.07, 6.45) is 1.76. The zero-order valence-electron chi connectivity index (χ0n) is 5.80. The van der Waals surface area contributed by atoms with Crippen molar-refractivity contribution >= 4 is 21.8 Å². The van der Waals surface area contributed by atoms with Crippen LogP contribution in [0.25, 0.3) is 0 Å². The van der Waals surface area contributed by atoms with Crippen LogP contribution >= 0.6 is 15.9 Å². The summed E-state index contributed by atoms with van der Waals surface area (Å²) < 4.78 is 0.919. The van der Waals surface area contributed by atoms with Crippen molar-refractivity contribution in [2.24, 2.45) is 0 Å². The van der Waals surface area contributed by atoms with Gasteiger partial charge in [0.2, 0.25) is 0 Å². The number of nitrogens with one attached hydrogen (secondary N) is 1. The second-order valence-corrected chi connectivity index (χ2v) is 3.44. The summed E-state index contributed by atoms with van der Waals surface area (Å²) in [5, 5.41) is 0. The average Bonchev–Trinajstić information content (AvgIpc) is 2.74. The molecule has 1 fully saturated rings. The molecule has 0 spiro atoms. The summed E-state index contributed by atoms with van der Waals surface area (Å²) in [6.45, 7) is 1.80. The lowest BCUT2D eigenvalue weighted by molar-refractivity contribution is 0.0881. The van der Waals surface area contributed by atoms with E-state index in [1.165, 1.54) is 0 Å². The molecule has 0 bridgehead atoms. The first-order valence-electron chi connectivity index (χ1n) is 3.40. The molecule has 4 heteroatoms. The number of carbonyl (C=O) groups is 1. The van der Waals surface area contributed by atoms with Crippen LogP contribution in [0.4, 0.5) is 0 Å². The van der Waals surface area contributed by atoms with Crippen LogP contribution in [-0.4, -0.2) is 28.9 Å². The number of halogens is 1. The van der Waals surface area contributed by atoms with Gasteiger partial charge in [0.15, 0.2) is 0 Å². The molecule has 1 N–H and O–H groups in total. The second-order valence-electron chi connectivity index (χ2n) is 2.52. The van der Waals surface area contributed by atoms with E-state index in [1.807, 2.05) is 0 Å². The summed E-state index contributed by atoms with van der Waals surface area (Å²) >= 11 is 3.27. The Morgan fingerprint density at radius 2 is 2.36 bits per heavy atom. The molecule has 1 aliphatic rings. The molecule has 2 heterocycles. The fourth-order valence-electron chi connectivity index (χ4n) is 0.915. The first kappa shape index (κ1) is 6.91. The van der Waals surface area contributed by atoms with Gasteiger partial charge in [-0.3, -0.25) is 4.79 Å². The van der Waals surface area contributed by atoms with E-state index >= 15 is 0 Å². The second kappa shape index (κ2) is 2.37. The highest BCUT2D eigenvalue weighted by molar-refractivity contribution is 9.10. The number of hydrogen-bond acceptors (Lipinski definition) is 1. The predicted octanol–water partition coefficient (Wildman–Crippen LogP) is 1.23. The van der Waals surface area contributed by atoms with Crippen LogP contribution in [0.5, 0.6) is 0 Å². The Balaban J connectivity index is 2.21. The Kier molecular flexibility index (Phi) is 1.49. The number of aromatic nitrogens is 1. The van der Waals surface area contributed by atoms with E-state index in [1.54, 1.807) is 17.2 Å². The summed E-state index contributed by atoms with van der Waals surface area (Å²) in [5.41, 5.74) is 0.661. The van der Waals surface area contributed by atoms with Gasteiger partial charge in [-0.15, -0.1) is 0 Å². The van der Waals surface area contributed by atoms with Crippen molar-refractivity contribution in [2.75, 3.05) is 13.1 Å². The van der Waals surface area contributed by atoms with E-state index in [4.69, 9.17) is 0 Å². The molecule has 1 aliphatic heterocycles. The Bertz CT molecular complexity index is 290. The minimum Gasteiger partial charge on any atom is -0.356 e. The van der Waals surface area contributed by atoms with Crippen molar-refractivity contribution < 1.29 is 4.79 Å². The quantitative estimate of drug-likeness (QED) is 0.702. The minimum absolute atomic E-state index is 0.0932. The van der Waals surface area contributed by atoms with Crippen LogP contribution in [0.3, 0.4) is 0 Å². The Morgan fingerprint density at radius 3 is 2.82 bits per heavy atom. The maximum absolute atomic E-state index is 11.3. The number of aromatic amines is 1. The van der Waals surface area contributed by atoms with Crippen LogP contribution < -0.4 is 0 Å². The number of H-pyrrole nitrogens is 1. The Labute approximate surface area is 72.5 Å². The SMILES string of the molecule is O=C(c1cc(Br)c[nH]1)N1CC1. The van der Waals surface area contributed by atoms with Crippen molar-refractivity contribution in [1.82, 2.24) is 9.88 Å². The van der Waals surface area contributed by atoms with Gasteiger partial charge in [0.05, 0.1) is 0 Å². The highest BCUT2D eigenvalue weighted by Gasteiger charge is 2.25. The predicted molar refractivity (Wildman–Crippen MR) is 44.4 cm³/mol. The van der Waals surface area contributed by atoms with Crippen LogP contribution in [0.1, 0.15) is 10.5 Å². The average molecular weight is 215 g/mol. The molecule has 0 atom stereocenters. The maximum Gasteiger partial charge on any atom is 0.270 e. The third kappa shape index (κ3) is 1.30. The van der Waals surface area contributed by atoms with Gasteiger partial charge in [0.25, 0.3) is 5.91 Å². The summed E-state index contributed by atoms with van der Waals surface area (Å²) in [4.78, 5) is 16.0. The van der Waals surface area contributed by atoms with Crippen molar-refractivity contribution in [3.63, 3.8) is 0 Å². The van der Waals surface area contributed by atoms with Gasteiger partial charge >= 0.3 is 0 Å². The first-order valence-corrected chi connectivity index (χ1v) is 4.20. The molecule has 11 heavy (non-hydrogen) atoms. The van der Waals surface area contributed by atoms with Crippen molar-refractivity contribution in [2.45, 2.75) is 0 Å². The molecule has 0 radical (unpaired) electrons. The molecule has 1 aromatic rings. The number of amides is 1. The highest BCUT2D eigenvalue weighted by Crippen LogP contribution is 2.15.